The minimum absolute atomic E-state index is 0.0429. The molecule has 0 aromatic heterocycles. The van der Waals surface area contributed by atoms with E-state index in [1.54, 1.807) is 5.57 Å². The van der Waals surface area contributed by atoms with Crippen molar-refractivity contribution in [2.75, 3.05) is 0 Å². The molecule has 0 N–H and O–H groups in total. The number of rotatable bonds is 2. The zero-order chi connectivity index (χ0) is 21.3. The van der Waals surface area contributed by atoms with Crippen molar-refractivity contribution in [1.82, 2.24) is 0 Å². The van der Waals surface area contributed by atoms with E-state index in [1.807, 2.05) is 6.92 Å². The molecule has 0 heterocycles. The van der Waals surface area contributed by atoms with Gasteiger partial charge in [0, 0.05) is 18.8 Å². The van der Waals surface area contributed by atoms with E-state index >= 15 is 0 Å². The first-order valence-corrected chi connectivity index (χ1v) is 12.6. The number of fused-ring (bicyclic) bond motifs is 7. The molecule has 4 fully saturated rings. The summed E-state index contributed by atoms with van der Waals surface area (Å²) >= 11 is 0. The van der Waals surface area contributed by atoms with Crippen LogP contribution >= 0.6 is 0 Å². The van der Waals surface area contributed by atoms with Gasteiger partial charge in [-0.2, -0.15) is 0 Å². The number of hydrogen-bond donors (Lipinski definition) is 0. The molecule has 0 aromatic carbocycles. The first-order valence-electron chi connectivity index (χ1n) is 12.6. The SMILES string of the molecule is CC(=O)O[C@H]1CC[C@@]2(C)C(=CC[C@@H]3[C@H]2CC[C@@]2(C)[C@H]3C[C@@H]3CCCC[C@@]32C(C)=O)C1. The largest absolute Gasteiger partial charge is 0.462 e. The van der Waals surface area contributed by atoms with Gasteiger partial charge in [-0.15, -0.1) is 0 Å². The van der Waals surface area contributed by atoms with Crippen LogP contribution in [0.2, 0.25) is 0 Å². The number of carbonyl (C=O) groups excluding carboxylic acids is 2. The van der Waals surface area contributed by atoms with Crippen molar-refractivity contribution in [1.29, 1.82) is 0 Å². The van der Waals surface area contributed by atoms with Gasteiger partial charge in [-0.3, -0.25) is 9.59 Å². The highest BCUT2D eigenvalue weighted by molar-refractivity contribution is 5.84. The van der Waals surface area contributed by atoms with Crippen LogP contribution in [0.3, 0.4) is 0 Å². The highest BCUT2D eigenvalue weighted by atomic mass is 16.5. The fourth-order valence-corrected chi connectivity index (χ4v) is 9.76. The van der Waals surface area contributed by atoms with Crippen LogP contribution < -0.4 is 0 Å². The Balaban J connectivity index is 1.46. The summed E-state index contributed by atoms with van der Waals surface area (Å²) in [6.45, 7) is 8.46. The monoisotopic (exact) mass is 412 g/mol. The van der Waals surface area contributed by atoms with Crippen LogP contribution in [-0.4, -0.2) is 17.9 Å². The van der Waals surface area contributed by atoms with Gasteiger partial charge in [-0.05, 0) is 92.8 Å². The van der Waals surface area contributed by atoms with Gasteiger partial charge in [0.25, 0.3) is 0 Å². The summed E-state index contributed by atoms with van der Waals surface area (Å²) in [7, 11) is 0. The van der Waals surface area contributed by atoms with E-state index in [0.717, 1.165) is 37.5 Å². The van der Waals surface area contributed by atoms with Gasteiger partial charge in [0.15, 0.2) is 0 Å². The molecule has 166 valence electrons. The average molecular weight is 413 g/mol. The lowest BCUT2D eigenvalue weighted by Crippen LogP contribution is -2.55. The van der Waals surface area contributed by atoms with E-state index in [2.05, 4.69) is 19.9 Å². The molecular formula is C27H40O3. The van der Waals surface area contributed by atoms with Crippen LogP contribution in [0.25, 0.3) is 0 Å². The second-order valence-corrected chi connectivity index (χ2v) is 11.9. The molecule has 0 bridgehead atoms. The molecule has 0 aliphatic heterocycles. The van der Waals surface area contributed by atoms with E-state index in [9.17, 15) is 9.59 Å². The Labute approximate surface area is 182 Å². The second kappa shape index (κ2) is 6.94. The minimum atomic E-state index is -0.144. The van der Waals surface area contributed by atoms with Crippen molar-refractivity contribution in [3.05, 3.63) is 11.6 Å². The quantitative estimate of drug-likeness (QED) is 0.397. The molecule has 4 saturated carbocycles. The van der Waals surface area contributed by atoms with Gasteiger partial charge >= 0.3 is 5.97 Å². The Kier molecular flexibility index (Phi) is 4.80. The predicted octanol–water partition coefficient (Wildman–Crippen LogP) is 6.26. The smallest absolute Gasteiger partial charge is 0.302 e. The molecule has 0 spiro atoms. The summed E-state index contributed by atoms with van der Waals surface area (Å²) < 4.78 is 5.59. The summed E-state index contributed by atoms with van der Waals surface area (Å²) in [5, 5.41) is 0. The summed E-state index contributed by atoms with van der Waals surface area (Å²) in [6.07, 6.45) is 15.6. The fourth-order valence-electron chi connectivity index (χ4n) is 9.76. The minimum Gasteiger partial charge on any atom is -0.462 e. The van der Waals surface area contributed by atoms with Crippen LogP contribution in [0.5, 0.6) is 0 Å². The first kappa shape index (κ1) is 20.8. The number of carbonyl (C=O) groups is 2. The third kappa shape index (κ3) is 2.62. The summed E-state index contributed by atoms with van der Waals surface area (Å²) in [5.41, 5.74) is 1.97. The van der Waals surface area contributed by atoms with E-state index in [1.165, 1.54) is 51.9 Å². The Morgan fingerprint density at radius 3 is 2.53 bits per heavy atom. The summed E-state index contributed by atoms with van der Waals surface area (Å²) in [5.74, 6) is 3.13. The molecule has 0 radical (unpaired) electrons. The zero-order valence-corrected chi connectivity index (χ0v) is 19.5. The Bertz CT molecular complexity index is 783. The molecule has 3 heteroatoms. The van der Waals surface area contributed by atoms with Crippen molar-refractivity contribution in [3.63, 3.8) is 0 Å². The first-order chi connectivity index (χ1) is 14.2. The molecule has 0 aromatic rings. The Hall–Kier alpha value is -1.12. The topological polar surface area (TPSA) is 43.4 Å². The molecule has 0 saturated heterocycles. The maximum atomic E-state index is 13.2. The van der Waals surface area contributed by atoms with E-state index in [4.69, 9.17) is 4.74 Å². The zero-order valence-electron chi connectivity index (χ0n) is 19.5. The van der Waals surface area contributed by atoms with Crippen LogP contribution in [-0.2, 0) is 14.3 Å². The number of esters is 1. The summed E-state index contributed by atoms with van der Waals surface area (Å²) in [4.78, 5) is 24.7. The van der Waals surface area contributed by atoms with E-state index in [0.29, 0.717) is 17.6 Å². The van der Waals surface area contributed by atoms with Crippen LogP contribution in [0, 0.1) is 39.9 Å². The number of Topliss-reactive ketones (excluding diaryl/α,β-unsaturated/α-hetero) is 1. The molecule has 3 nitrogen and oxygen atoms in total. The number of allylic oxidation sites excluding steroid dienone is 1. The standard InChI is InChI=1S/C27H40O3/c1-17(28)27-12-6-5-7-20(27)16-24-22-9-8-19-15-21(30-18(2)29)10-13-25(19,3)23(22)11-14-26(24,27)4/h8,20-24H,5-7,9-16H2,1-4H3/t20-,21-,22+,23+,24-,25-,26-,27+/m0/s1. The molecule has 5 rings (SSSR count). The molecule has 0 amide bonds. The fraction of sp³-hybridized carbons (Fsp3) is 0.852. The highest BCUT2D eigenvalue weighted by Gasteiger charge is 2.68. The molecule has 5 aliphatic carbocycles. The van der Waals surface area contributed by atoms with Gasteiger partial charge < -0.3 is 4.74 Å². The highest BCUT2D eigenvalue weighted by Crippen LogP contribution is 2.73. The van der Waals surface area contributed by atoms with Crippen molar-refractivity contribution in [3.8, 4) is 0 Å². The lowest BCUT2D eigenvalue weighted by Gasteiger charge is -2.60. The normalized spacial score (nSPS) is 49.7. The van der Waals surface area contributed by atoms with Crippen molar-refractivity contribution in [2.24, 2.45) is 39.9 Å². The molecule has 5 aliphatic rings. The Morgan fingerprint density at radius 1 is 1.00 bits per heavy atom. The number of ether oxygens (including phenoxy) is 1. The van der Waals surface area contributed by atoms with E-state index < -0.39 is 0 Å². The summed E-state index contributed by atoms with van der Waals surface area (Å²) in [6, 6.07) is 0. The van der Waals surface area contributed by atoms with E-state index in [-0.39, 0.29) is 28.3 Å². The van der Waals surface area contributed by atoms with Crippen molar-refractivity contribution >= 4 is 11.8 Å². The van der Waals surface area contributed by atoms with Crippen molar-refractivity contribution in [2.45, 2.75) is 104 Å². The Morgan fingerprint density at radius 2 is 1.80 bits per heavy atom. The molecule has 0 unspecified atom stereocenters. The average Bonchev–Trinajstić information content (AvgIpc) is 2.98. The molecular weight excluding hydrogens is 372 g/mol. The third-order valence-electron chi connectivity index (χ3n) is 11.0. The molecule has 8 atom stereocenters. The number of ketones is 1. The maximum Gasteiger partial charge on any atom is 0.302 e. The van der Waals surface area contributed by atoms with Gasteiger partial charge in [-0.25, -0.2) is 0 Å². The lowest BCUT2D eigenvalue weighted by molar-refractivity contribution is -0.151. The van der Waals surface area contributed by atoms with Crippen molar-refractivity contribution < 1.29 is 14.3 Å². The predicted molar refractivity (Wildman–Crippen MR) is 118 cm³/mol. The van der Waals surface area contributed by atoms with Crippen LogP contribution in [0.15, 0.2) is 11.6 Å². The van der Waals surface area contributed by atoms with Crippen LogP contribution in [0.4, 0.5) is 0 Å². The number of hydrogen-bond acceptors (Lipinski definition) is 3. The lowest BCUT2D eigenvalue weighted by atomic mass is 9.44. The van der Waals surface area contributed by atoms with Gasteiger partial charge in [0.1, 0.15) is 11.9 Å². The second-order valence-electron chi connectivity index (χ2n) is 11.9. The van der Waals surface area contributed by atoms with Gasteiger partial charge in [0.2, 0.25) is 0 Å². The molecule has 30 heavy (non-hydrogen) atoms. The maximum absolute atomic E-state index is 13.2. The third-order valence-corrected chi connectivity index (χ3v) is 11.0. The van der Waals surface area contributed by atoms with Gasteiger partial charge in [0.05, 0.1) is 0 Å². The van der Waals surface area contributed by atoms with Gasteiger partial charge in [-0.1, -0.05) is 38.3 Å². The van der Waals surface area contributed by atoms with Crippen LogP contribution in [0.1, 0.15) is 98.3 Å².